The molecule has 7 aromatic carbocycles. The second-order valence-electron chi connectivity index (χ2n) is 10.0. The van der Waals surface area contributed by atoms with Gasteiger partial charge in [0.15, 0.2) is 0 Å². The van der Waals surface area contributed by atoms with Crippen LogP contribution in [0.3, 0.4) is 0 Å². The van der Waals surface area contributed by atoms with Crippen LogP contribution in [0.15, 0.2) is 146 Å². The zero-order valence-corrected chi connectivity index (χ0v) is 21.6. The van der Waals surface area contributed by atoms with Crippen molar-refractivity contribution in [3.8, 4) is 5.69 Å². The van der Waals surface area contributed by atoms with Crippen molar-refractivity contribution in [1.82, 2.24) is 15.0 Å². The number of benzene rings is 7. The van der Waals surface area contributed by atoms with Crippen molar-refractivity contribution < 1.29 is 0 Å². The van der Waals surface area contributed by atoms with Crippen LogP contribution in [-0.2, 0) is 0 Å². The summed E-state index contributed by atoms with van der Waals surface area (Å²) in [4.78, 5) is 4.05. The Hall–Kier alpha value is -5.48. The second-order valence-corrected chi connectivity index (χ2v) is 10.0. The van der Waals surface area contributed by atoms with E-state index in [1.54, 1.807) is 4.80 Å². The zero-order chi connectivity index (χ0) is 26.5. The number of anilines is 3. The van der Waals surface area contributed by atoms with Gasteiger partial charge in [-0.1, -0.05) is 91.0 Å². The van der Waals surface area contributed by atoms with E-state index in [1.807, 2.05) is 30.3 Å². The van der Waals surface area contributed by atoms with Gasteiger partial charge in [0.2, 0.25) is 0 Å². The lowest BCUT2D eigenvalue weighted by atomic mass is 9.99. The van der Waals surface area contributed by atoms with Gasteiger partial charge in [-0.25, -0.2) is 0 Å². The molecule has 8 rings (SSSR count). The van der Waals surface area contributed by atoms with Crippen molar-refractivity contribution in [3.05, 3.63) is 146 Å². The van der Waals surface area contributed by atoms with E-state index in [0.29, 0.717) is 0 Å². The number of hydrogen-bond acceptors (Lipinski definition) is 3. The predicted molar refractivity (Wildman–Crippen MR) is 166 cm³/mol. The number of para-hydroxylation sites is 2. The maximum absolute atomic E-state index is 4.94. The lowest BCUT2D eigenvalue weighted by Gasteiger charge is -2.26. The summed E-state index contributed by atoms with van der Waals surface area (Å²) in [5, 5.41) is 16.8. The average Bonchev–Trinajstić information content (AvgIpc) is 3.47. The molecule has 0 spiro atoms. The molecule has 4 heteroatoms. The first-order valence-corrected chi connectivity index (χ1v) is 13.4. The minimum absolute atomic E-state index is 0.884. The minimum atomic E-state index is 0.884. The first-order valence-electron chi connectivity index (χ1n) is 13.4. The molecule has 0 aliphatic carbocycles. The normalized spacial score (nSPS) is 11.5. The molecule has 1 heterocycles. The Labute approximate surface area is 231 Å². The number of nitrogens with zero attached hydrogens (tertiary/aromatic N) is 4. The van der Waals surface area contributed by atoms with E-state index in [1.165, 1.54) is 16.2 Å². The molecule has 0 unspecified atom stereocenters. The number of rotatable bonds is 4. The van der Waals surface area contributed by atoms with E-state index in [-0.39, 0.29) is 0 Å². The molecule has 40 heavy (non-hydrogen) atoms. The van der Waals surface area contributed by atoms with Crippen LogP contribution in [0, 0.1) is 0 Å². The zero-order valence-electron chi connectivity index (χ0n) is 21.6. The van der Waals surface area contributed by atoms with Crippen molar-refractivity contribution >= 4 is 60.4 Å². The van der Waals surface area contributed by atoms with Crippen molar-refractivity contribution in [2.75, 3.05) is 4.90 Å². The van der Waals surface area contributed by atoms with E-state index in [4.69, 9.17) is 10.2 Å². The van der Waals surface area contributed by atoms with Crippen LogP contribution in [0.4, 0.5) is 17.1 Å². The highest BCUT2D eigenvalue weighted by molar-refractivity contribution is 6.18. The molecule has 0 atom stereocenters. The number of hydrogen-bond donors (Lipinski definition) is 0. The quantitative estimate of drug-likeness (QED) is 0.220. The summed E-state index contributed by atoms with van der Waals surface area (Å²) in [6.07, 6.45) is 0. The maximum Gasteiger partial charge on any atom is 0.122 e. The smallest absolute Gasteiger partial charge is 0.122 e. The molecule has 0 fully saturated rings. The molecule has 0 aliphatic heterocycles. The van der Waals surface area contributed by atoms with Crippen LogP contribution in [0.5, 0.6) is 0 Å². The Balaban J connectivity index is 1.32. The highest BCUT2D eigenvalue weighted by atomic mass is 15.5. The Bertz CT molecular complexity index is 2170. The standard InChI is InChI=1S/C36H24N4/c1-3-11-29(12-4-1)39(31-19-17-25-9-7-8-10-27(25)23-31)32-20-21-33-28(24-32)16-15-26-18-22-34-36(35(26)33)38-40(37-34)30-13-5-2-6-14-30/h1-24H. The van der Waals surface area contributed by atoms with Gasteiger partial charge in [-0.3, -0.25) is 0 Å². The van der Waals surface area contributed by atoms with Crippen LogP contribution in [0.1, 0.15) is 0 Å². The third kappa shape index (κ3) is 3.69. The Morgan fingerprint density at radius 3 is 1.90 bits per heavy atom. The topological polar surface area (TPSA) is 34.0 Å². The summed E-state index contributed by atoms with van der Waals surface area (Å²) in [5.74, 6) is 0. The van der Waals surface area contributed by atoms with Crippen LogP contribution in [0.2, 0.25) is 0 Å². The maximum atomic E-state index is 4.94. The lowest BCUT2D eigenvalue weighted by molar-refractivity contribution is 0.766. The van der Waals surface area contributed by atoms with Gasteiger partial charge < -0.3 is 4.90 Å². The first kappa shape index (κ1) is 22.5. The number of fused-ring (bicyclic) bond motifs is 6. The van der Waals surface area contributed by atoms with E-state index in [9.17, 15) is 0 Å². The average molecular weight is 513 g/mol. The first-order chi connectivity index (χ1) is 19.8. The summed E-state index contributed by atoms with van der Waals surface area (Å²) in [5.41, 5.74) is 6.09. The third-order valence-corrected chi connectivity index (χ3v) is 7.58. The molecule has 188 valence electrons. The molecule has 0 radical (unpaired) electrons. The van der Waals surface area contributed by atoms with Crippen LogP contribution in [0.25, 0.3) is 49.0 Å². The van der Waals surface area contributed by atoms with Crippen LogP contribution in [-0.4, -0.2) is 15.0 Å². The SMILES string of the molecule is c1ccc(N(c2ccc3ccccc3c2)c2ccc3c(ccc4ccc5nn(-c6ccccc6)nc5c43)c2)cc1. The summed E-state index contributed by atoms with van der Waals surface area (Å²) < 4.78 is 0. The van der Waals surface area contributed by atoms with Crippen LogP contribution < -0.4 is 4.90 Å². The van der Waals surface area contributed by atoms with Crippen molar-refractivity contribution in [2.45, 2.75) is 0 Å². The van der Waals surface area contributed by atoms with Crippen molar-refractivity contribution in [3.63, 3.8) is 0 Å². The van der Waals surface area contributed by atoms with E-state index < -0.39 is 0 Å². The van der Waals surface area contributed by atoms with Gasteiger partial charge in [0.25, 0.3) is 0 Å². The molecule has 0 N–H and O–H groups in total. The second kappa shape index (κ2) is 9.07. The highest BCUT2D eigenvalue weighted by Gasteiger charge is 2.16. The largest absolute Gasteiger partial charge is 0.310 e. The van der Waals surface area contributed by atoms with E-state index >= 15 is 0 Å². The van der Waals surface area contributed by atoms with Gasteiger partial charge in [-0.05, 0) is 81.5 Å². The van der Waals surface area contributed by atoms with Gasteiger partial charge in [0.1, 0.15) is 11.0 Å². The Kier molecular flexibility index (Phi) is 5.10. The van der Waals surface area contributed by atoms with Gasteiger partial charge in [0, 0.05) is 22.4 Å². The summed E-state index contributed by atoms with van der Waals surface area (Å²) in [7, 11) is 0. The third-order valence-electron chi connectivity index (χ3n) is 7.58. The molecule has 8 aromatic rings. The molecule has 0 amide bonds. The molecular formula is C36H24N4. The van der Waals surface area contributed by atoms with E-state index in [0.717, 1.165) is 49.9 Å². The molecule has 0 saturated carbocycles. The lowest BCUT2D eigenvalue weighted by Crippen LogP contribution is -2.09. The molecule has 0 saturated heterocycles. The van der Waals surface area contributed by atoms with E-state index in [2.05, 4.69) is 120 Å². The fourth-order valence-corrected chi connectivity index (χ4v) is 5.67. The minimum Gasteiger partial charge on any atom is -0.310 e. The number of aromatic nitrogens is 3. The molecule has 0 aliphatic rings. The van der Waals surface area contributed by atoms with Crippen LogP contribution >= 0.6 is 0 Å². The van der Waals surface area contributed by atoms with Crippen molar-refractivity contribution in [2.24, 2.45) is 0 Å². The monoisotopic (exact) mass is 512 g/mol. The molecule has 1 aromatic heterocycles. The fourth-order valence-electron chi connectivity index (χ4n) is 5.67. The van der Waals surface area contributed by atoms with Gasteiger partial charge in [0.05, 0.1) is 5.69 Å². The van der Waals surface area contributed by atoms with Crippen molar-refractivity contribution in [1.29, 1.82) is 0 Å². The Morgan fingerprint density at radius 2 is 1.07 bits per heavy atom. The fraction of sp³-hybridized carbons (Fsp3) is 0. The molecule has 0 bridgehead atoms. The Morgan fingerprint density at radius 1 is 0.450 bits per heavy atom. The van der Waals surface area contributed by atoms with Gasteiger partial charge in [-0.2, -0.15) is 4.80 Å². The highest BCUT2D eigenvalue weighted by Crippen LogP contribution is 2.39. The summed E-state index contributed by atoms with van der Waals surface area (Å²) in [6.45, 7) is 0. The predicted octanol–water partition coefficient (Wildman–Crippen LogP) is 9.35. The van der Waals surface area contributed by atoms with Gasteiger partial charge in [-0.15, -0.1) is 10.2 Å². The molecule has 4 nitrogen and oxygen atoms in total. The summed E-state index contributed by atoms with van der Waals surface area (Å²) in [6, 6.07) is 51.1. The van der Waals surface area contributed by atoms with Gasteiger partial charge >= 0.3 is 0 Å². The molecular weight excluding hydrogens is 488 g/mol. The summed E-state index contributed by atoms with van der Waals surface area (Å²) >= 11 is 0.